The zero-order valence-electron chi connectivity index (χ0n) is 5.98. The monoisotopic (exact) mass is 132 g/mol. The Morgan fingerprint density at radius 3 is 2.33 bits per heavy atom. The Morgan fingerprint density at radius 1 is 1.11 bits per heavy atom. The summed E-state index contributed by atoms with van der Waals surface area (Å²) in [5, 5.41) is 14.6. The highest BCUT2D eigenvalue weighted by Crippen LogP contribution is 1.58. The fourth-order valence-electron chi connectivity index (χ4n) is 0.558. The van der Waals surface area contributed by atoms with Crippen LogP contribution in [0.1, 0.15) is 6.92 Å². The molecule has 3 nitrogen and oxygen atoms in total. The molecule has 0 saturated heterocycles. The number of likely N-dealkylation sites (N-methyl/N-ethyl adjacent to an activating group) is 1. The Labute approximate surface area is 56.5 Å². The molecule has 3 heteroatoms. The lowest BCUT2D eigenvalue weighted by atomic mass is 10.5. The lowest BCUT2D eigenvalue weighted by Gasteiger charge is -2.01. The molecular weight excluding hydrogens is 116 g/mol. The van der Waals surface area contributed by atoms with E-state index in [1.807, 2.05) is 0 Å². The maximum absolute atomic E-state index is 8.34. The molecule has 0 unspecified atom stereocenters. The maximum atomic E-state index is 8.34. The lowest BCUT2D eigenvalue weighted by Crippen LogP contribution is -2.28. The Balaban J connectivity index is 2.60. The van der Waals surface area contributed by atoms with Crippen LogP contribution in [0.25, 0.3) is 0 Å². The minimum absolute atomic E-state index is 0.228. The summed E-state index contributed by atoms with van der Waals surface area (Å²) >= 11 is 0. The molecule has 3 N–H and O–H groups in total. The molecule has 9 heavy (non-hydrogen) atoms. The van der Waals surface area contributed by atoms with E-state index in [4.69, 9.17) is 5.11 Å². The van der Waals surface area contributed by atoms with Crippen molar-refractivity contribution in [1.82, 2.24) is 10.6 Å². The van der Waals surface area contributed by atoms with Crippen LogP contribution in [-0.2, 0) is 0 Å². The second-order valence-electron chi connectivity index (χ2n) is 1.83. The Morgan fingerprint density at radius 2 is 1.78 bits per heavy atom. The van der Waals surface area contributed by atoms with E-state index in [9.17, 15) is 0 Å². The van der Waals surface area contributed by atoms with E-state index in [-0.39, 0.29) is 6.61 Å². The first-order chi connectivity index (χ1) is 4.41. The Hall–Kier alpha value is -0.120. The molecule has 0 radical (unpaired) electrons. The van der Waals surface area contributed by atoms with Gasteiger partial charge < -0.3 is 15.7 Å². The van der Waals surface area contributed by atoms with Crippen LogP contribution >= 0.6 is 0 Å². The topological polar surface area (TPSA) is 44.3 Å². The van der Waals surface area contributed by atoms with Crippen molar-refractivity contribution in [2.24, 2.45) is 0 Å². The van der Waals surface area contributed by atoms with Crippen molar-refractivity contribution in [3.8, 4) is 0 Å². The highest BCUT2D eigenvalue weighted by molar-refractivity contribution is 4.48. The normalized spacial score (nSPS) is 10.0. The van der Waals surface area contributed by atoms with Crippen molar-refractivity contribution in [3.63, 3.8) is 0 Å². The van der Waals surface area contributed by atoms with Crippen molar-refractivity contribution in [2.75, 3.05) is 32.8 Å². The van der Waals surface area contributed by atoms with E-state index in [2.05, 4.69) is 17.6 Å². The number of aliphatic hydroxyl groups is 1. The van der Waals surface area contributed by atoms with Crippen LogP contribution in [0, 0.1) is 0 Å². The summed E-state index contributed by atoms with van der Waals surface area (Å²) in [6, 6.07) is 0. The number of aliphatic hydroxyl groups excluding tert-OH is 1. The van der Waals surface area contributed by atoms with Gasteiger partial charge in [0.1, 0.15) is 0 Å². The van der Waals surface area contributed by atoms with Gasteiger partial charge in [-0.05, 0) is 6.54 Å². The molecule has 0 aliphatic carbocycles. The van der Waals surface area contributed by atoms with E-state index in [1.54, 1.807) is 0 Å². The number of hydrogen-bond acceptors (Lipinski definition) is 3. The first kappa shape index (κ1) is 8.88. The summed E-state index contributed by atoms with van der Waals surface area (Å²) in [5.74, 6) is 0. The predicted octanol–water partition coefficient (Wildman–Crippen LogP) is -0.822. The zero-order valence-corrected chi connectivity index (χ0v) is 5.98. The van der Waals surface area contributed by atoms with Gasteiger partial charge >= 0.3 is 0 Å². The van der Waals surface area contributed by atoms with Gasteiger partial charge in [0, 0.05) is 19.6 Å². The first-order valence-corrected chi connectivity index (χ1v) is 3.44. The van der Waals surface area contributed by atoms with Crippen LogP contribution in [0.5, 0.6) is 0 Å². The number of rotatable bonds is 6. The molecule has 0 spiro atoms. The third kappa shape index (κ3) is 7.88. The van der Waals surface area contributed by atoms with Crippen LogP contribution in [0.3, 0.4) is 0 Å². The fourth-order valence-corrected chi connectivity index (χ4v) is 0.558. The Bertz CT molecular complexity index is 44.3. The minimum atomic E-state index is 0.228. The van der Waals surface area contributed by atoms with Gasteiger partial charge in [-0.25, -0.2) is 0 Å². The van der Waals surface area contributed by atoms with Gasteiger partial charge in [0.25, 0.3) is 0 Å². The molecule has 0 aromatic carbocycles. The molecule has 0 heterocycles. The van der Waals surface area contributed by atoms with E-state index in [0.29, 0.717) is 6.54 Å². The molecule has 0 rings (SSSR count). The van der Waals surface area contributed by atoms with Gasteiger partial charge in [0.15, 0.2) is 0 Å². The van der Waals surface area contributed by atoms with E-state index < -0.39 is 0 Å². The summed E-state index contributed by atoms with van der Waals surface area (Å²) in [6.45, 7) is 5.94. The average molecular weight is 132 g/mol. The summed E-state index contributed by atoms with van der Waals surface area (Å²) in [6.07, 6.45) is 0. The van der Waals surface area contributed by atoms with Crippen molar-refractivity contribution in [2.45, 2.75) is 6.92 Å². The summed E-state index contributed by atoms with van der Waals surface area (Å²) in [5.41, 5.74) is 0. The molecule has 0 aliphatic rings. The maximum Gasteiger partial charge on any atom is 0.0555 e. The SMILES string of the molecule is CCNCCNCCO. The molecule has 0 aliphatic heterocycles. The standard InChI is InChI=1S/C6H16N2O/c1-2-7-3-4-8-5-6-9/h7-9H,2-6H2,1H3. The summed E-state index contributed by atoms with van der Waals surface area (Å²) in [7, 11) is 0. The molecule has 0 atom stereocenters. The number of nitrogens with one attached hydrogen (secondary N) is 2. The van der Waals surface area contributed by atoms with Crippen LogP contribution < -0.4 is 10.6 Å². The van der Waals surface area contributed by atoms with Crippen LogP contribution in [-0.4, -0.2) is 37.9 Å². The fraction of sp³-hybridized carbons (Fsp3) is 1.00. The van der Waals surface area contributed by atoms with Gasteiger partial charge in [0.05, 0.1) is 6.61 Å². The summed E-state index contributed by atoms with van der Waals surface area (Å²) < 4.78 is 0. The molecule has 0 aromatic heterocycles. The van der Waals surface area contributed by atoms with Crippen LogP contribution in [0.2, 0.25) is 0 Å². The minimum Gasteiger partial charge on any atom is -0.395 e. The van der Waals surface area contributed by atoms with E-state index >= 15 is 0 Å². The van der Waals surface area contributed by atoms with Crippen LogP contribution in [0.15, 0.2) is 0 Å². The van der Waals surface area contributed by atoms with Crippen molar-refractivity contribution in [1.29, 1.82) is 0 Å². The van der Waals surface area contributed by atoms with E-state index in [1.165, 1.54) is 0 Å². The summed E-state index contributed by atoms with van der Waals surface area (Å²) in [4.78, 5) is 0. The lowest BCUT2D eigenvalue weighted by molar-refractivity contribution is 0.292. The second kappa shape index (κ2) is 7.88. The van der Waals surface area contributed by atoms with E-state index in [0.717, 1.165) is 19.6 Å². The van der Waals surface area contributed by atoms with Gasteiger partial charge in [-0.3, -0.25) is 0 Å². The largest absolute Gasteiger partial charge is 0.395 e. The molecule has 0 aromatic rings. The molecular formula is C6H16N2O. The zero-order chi connectivity index (χ0) is 6.95. The Kier molecular flexibility index (Phi) is 7.77. The second-order valence-corrected chi connectivity index (χ2v) is 1.83. The van der Waals surface area contributed by atoms with Gasteiger partial charge in [-0.15, -0.1) is 0 Å². The molecule has 0 amide bonds. The van der Waals surface area contributed by atoms with Crippen molar-refractivity contribution in [3.05, 3.63) is 0 Å². The van der Waals surface area contributed by atoms with Crippen LogP contribution in [0.4, 0.5) is 0 Å². The third-order valence-electron chi connectivity index (χ3n) is 1.02. The molecule has 0 fully saturated rings. The van der Waals surface area contributed by atoms with Crippen molar-refractivity contribution >= 4 is 0 Å². The molecule has 0 bridgehead atoms. The quantitative estimate of drug-likeness (QED) is 0.414. The van der Waals surface area contributed by atoms with Crippen molar-refractivity contribution < 1.29 is 5.11 Å². The average Bonchev–Trinajstić information content (AvgIpc) is 1.89. The predicted molar refractivity (Wildman–Crippen MR) is 38.5 cm³/mol. The third-order valence-corrected chi connectivity index (χ3v) is 1.02. The highest BCUT2D eigenvalue weighted by Gasteiger charge is 1.82. The molecule has 0 saturated carbocycles. The smallest absolute Gasteiger partial charge is 0.0555 e. The van der Waals surface area contributed by atoms with Gasteiger partial charge in [-0.1, -0.05) is 6.92 Å². The highest BCUT2D eigenvalue weighted by atomic mass is 16.3. The molecule has 56 valence electrons. The number of hydrogen-bond donors (Lipinski definition) is 3. The first-order valence-electron chi connectivity index (χ1n) is 3.44. The van der Waals surface area contributed by atoms with Gasteiger partial charge in [0.2, 0.25) is 0 Å². The van der Waals surface area contributed by atoms with Gasteiger partial charge in [-0.2, -0.15) is 0 Å².